The molecular formula is C21H15F3N2O3S. The van der Waals surface area contributed by atoms with Gasteiger partial charge >= 0.3 is 6.18 Å². The van der Waals surface area contributed by atoms with Crippen LogP contribution in [-0.2, 0) is 17.6 Å². The number of thioether (sulfide) groups is 1. The SMILES string of the molecule is CN1C(=O)SC(c2cnc3cc(OCc4ccccc4C(F)(F)F)ccc3c2)C1=O. The van der Waals surface area contributed by atoms with E-state index in [4.69, 9.17) is 4.74 Å². The summed E-state index contributed by atoms with van der Waals surface area (Å²) in [4.78, 5) is 29.3. The monoisotopic (exact) mass is 432 g/mol. The van der Waals surface area contributed by atoms with Gasteiger partial charge in [-0.2, -0.15) is 13.2 Å². The fourth-order valence-corrected chi connectivity index (χ4v) is 4.12. The lowest BCUT2D eigenvalue weighted by atomic mass is 10.1. The molecule has 1 saturated heterocycles. The number of ether oxygens (including phenoxy) is 1. The van der Waals surface area contributed by atoms with Gasteiger partial charge in [0.15, 0.2) is 0 Å². The third-order valence-corrected chi connectivity index (χ3v) is 5.93. The Bertz CT molecular complexity index is 1150. The third-order valence-electron chi connectivity index (χ3n) is 4.74. The van der Waals surface area contributed by atoms with E-state index in [0.29, 0.717) is 16.8 Å². The molecule has 1 aliphatic rings. The number of benzene rings is 2. The normalized spacial score (nSPS) is 17.1. The zero-order chi connectivity index (χ0) is 21.5. The van der Waals surface area contributed by atoms with Crippen molar-refractivity contribution in [3.63, 3.8) is 0 Å². The maximum atomic E-state index is 13.1. The predicted octanol–water partition coefficient (Wildman–Crippen LogP) is 5.20. The Kier molecular flexibility index (Phi) is 5.15. The highest BCUT2D eigenvalue weighted by Gasteiger charge is 2.38. The number of pyridine rings is 1. The Labute approximate surface area is 173 Å². The Morgan fingerprint density at radius 2 is 1.90 bits per heavy atom. The van der Waals surface area contributed by atoms with Crippen LogP contribution in [-0.4, -0.2) is 28.1 Å². The first-order valence-corrected chi connectivity index (χ1v) is 9.78. The van der Waals surface area contributed by atoms with Gasteiger partial charge in [0.05, 0.1) is 11.1 Å². The molecule has 0 bridgehead atoms. The van der Waals surface area contributed by atoms with Gasteiger partial charge in [-0.3, -0.25) is 19.5 Å². The van der Waals surface area contributed by atoms with Gasteiger partial charge in [-0.1, -0.05) is 18.2 Å². The van der Waals surface area contributed by atoms with Crippen LogP contribution in [0.3, 0.4) is 0 Å². The number of fused-ring (bicyclic) bond motifs is 1. The number of alkyl halides is 3. The van der Waals surface area contributed by atoms with Crippen molar-refractivity contribution >= 4 is 33.8 Å². The molecule has 0 radical (unpaired) electrons. The predicted molar refractivity (Wildman–Crippen MR) is 106 cm³/mol. The third kappa shape index (κ3) is 3.85. The highest BCUT2D eigenvalue weighted by molar-refractivity contribution is 8.14. The molecule has 2 heterocycles. The van der Waals surface area contributed by atoms with Gasteiger partial charge in [0.2, 0.25) is 5.91 Å². The summed E-state index contributed by atoms with van der Waals surface area (Å²) in [5.74, 6) is 0.0791. The molecule has 0 aliphatic carbocycles. The van der Waals surface area contributed by atoms with Gasteiger partial charge in [-0.15, -0.1) is 0 Å². The van der Waals surface area contributed by atoms with E-state index >= 15 is 0 Å². The maximum Gasteiger partial charge on any atom is 0.416 e. The number of amides is 2. The van der Waals surface area contributed by atoms with Crippen LogP contribution in [0, 0.1) is 0 Å². The van der Waals surface area contributed by atoms with E-state index in [0.717, 1.165) is 28.1 Å². The van der Waals surface area contributed by atoms with Crippen molar-refractivity contribution in [2.24, 2.45) is 0 Å². The Morgan fingerprint density at radius 3 is 2.60 bits per heavy atom. The molecule has 9 heteroatoms. The number of carbonyl (C=O) groups is 2. The van der Waals surface area contributed by atoms with E-state index in [1.807, 2.05) is 0 Å². The molecule has 154 valence electrons. The molecule has 1 unspecified atom stereocenters. The zero-order valence-corrected chi connectivity index (χ0v) is 16.5. The van der Waals surface area contributed by atoms with Gasteiger partial charge in [0.25, 0.3) is 5.24 Å². The summed E-state index contributed by atoms with van der Waals surface area (Å²) < 4.78 is 44.9. The first-order valence-electron chi connectivity index (χ1n) is 8.90. The number of imide groups is 1. The quantitative estimate of drug-likeness (QED) is 0.567. The highest BCUT2D eigenvalue weighted by Crippen LogP contribution is 2.39. The van der Waals surface area contributed by atoms with E-state index in [1.165, 1.54) is 31.4 Å². The van der Waals surface area contributed by atoms with Crippen molar-refractivity contribution in [1.29, 1.82) is 0 Å². The largest absolute Gasteiger partial charge is 0.489 e. The fraction of sp³-hybridized carbons (Fsp3) is 0.190. The average Bonchev–Trinajstić information content (AvgIpc) is 2.98. The van der Waals surface area contributed by atoms with Crippen molar-refractivity contribution in [2.45, 2.75) is 18.0 Å². The van der Waals surface area contributed by atoms with Crippen LogP contribution in [0.25, 0.3) is 10.9 Å². The van der Waals surface area contributed by atoms with Crippen molar-refractivity contribution in [3.8, 4) is 5.75 Å². The molecule has 0 saturated carbocycles. The first-order chi connectivity index (χ1) is 14.2. The summed E-state index contributed by atoms with van der Waals surface area (Å²) in [6, 6.07) is 12.0. The minimum atomic E-state index is -4.45. The molecule has 4 rings (SSSR count). The maximum absolute atomic E-state index is 13.1. The van der Waals surface area contributed by atoms with Crippen molar-refractivity contribution in [3.05, 3.63) is 71.4 Å². The van der Waals surface area contributed by atoms with Crippen LogP contribution in [0.2, 0.25) is 0 Å². The van der Waals surface area contributed by atoms with Gasteiger partial charge in [0.1, 0.15) is 17.6 Å². The van der Waals surface area contributed by atoms with Crippen LogP contribution in [0.4, 0.5) is 18.0 Å². The Morgan fingerprint density at radius 1 is 1.13 bits per heavy atom. The van der Waals surface area contributed by atoms with E-state index in [1.54, 1.807) is 24.3 Å². The number of halogens is 3. The first kappa shape index (κ1) is 20.2. The molecule has 5 nitrogen and oxygen atoms in total. The van der Waals surface area contributed by atoms with Gasteiger partial charge in [-0.25, -0.2) is 0 Å². The topological polar surface area (TPSA) is 59.5 Å². The van der Waals surface area contributed by atoms with Gasteiger partial charge in [0, 0.05) is 30.3 Å². The van der Waals surface area contributed by atoms with Crippen LogP contribution in [0.15, 0.2) is 54.7 Å². The van der Waals surface area contributed by atoms with Crippen molar-refractivity contribution in [2.75, 3.05) is 7.05 Å². The molecule has 1 fully saturated rings. The van der Waals surface area contributed by atoms with Crippen molar-refractivity contribution < 1.29 is 27.5 Å². The number of aromatic nitrogens is 1. The lowest BCUT2D eigenvalue weighted by Gasteiger charge is -2.14. The van der Waals surface area contributed by atoms with Crippen LogP contribution < -0.4 is 4.74 Å². The lowest BCUT2D eigenvalue weighted by molar-refractivity contribution is -0.138. The summed E-state index contributed by atoms with van der Waals surface area (Å²) in [5, 5.41) is -0.215. The summed E-state index contributed by atoms with van der Waals surface area (Å²) in [6.45, 7) is -0.235. The highest BCUT2D eigenvalue weighted by atomic mass is 32.2. The number of hydrogen-bond donors (Lipinski definition) is 0. The van der Waals surface area contributed by atoms with Gasteiger partial charge in [-0.05, 0) is 41.6 Å². The fourth-order valence-electron chi connectivity index (χ4n) is 3.14. The average molecular weight is 432 g/mol. The molecular weight excluding hydrogens is 417 g/mol. The van der Waals surface area contributed by atoms with Crippen LogP contribution >= 0.6 is 11.8 Å². The molecule has 30 heavy (non-hydrogen) atoms. The molecule has 2 amide bonds. The number of hydrogen-bond acceptors (Lipinski definition) is 5. The van der Waals surface area contributed by atoms with Gasteiger partial charge < -0.3 is 4.74 Å². The number of nitrogens with zero attached hydrogens (tertiary/aromatic N) is 2. The summed E-state index contributed by atoms with van der Waals surface area (Å²) in [7, 11) is 1.44. The van der Waals surface area contributed by atoms with E-state index in [-0.39, 0.29) is 23.3 Å². The van der Waals surface area contributed by atoms with Crippen LogP contribution in [0.1, 0.15) is 21.9 Å². The molecule has 1 aromatic heterocycles. The summed E-state index contributed by atoms with van der Waals surface area (Å²) in [5.41, 5.74) is 0.490. The number of rotatable bonds is 4. The second-order valence-corrected chi connectivity index (χ2v) is 7.78. The molecule has 1 atom stereocenters. The van der Waals surface area contributed by atoms with E-state index in [2.05, 4.69) is 4.98 Å². The standard InChI is InChI=1S/C21H15F3N2O3S/c1-26-19(27)18(30-20(26)28)14-8-12-6-7-15(9-17(12)25-10-14)29-11-13-4-2-3-5-16(13)21(22,23)24/h2-10,18H,11H2,1H3. The second kappa shape index (κ2) is 7.64. The van der Waals surface area contributed by atoms with E-state index < -0.39 is 17.0 Å². The smallest absolute Gasteiger partial charge is 0.416 e. The molecule has 3 aromatic rings. The Balaban J connectivity index is 1.54. The zero-order valence-electron chi connectivity index (χ0n) is 15.6. The second-order valence-electron chi connectivity index (χ2n) is 6.73. The van der Waals surface area contributed by atoms with Crippen molar-refractivity contribution in [1.82, 2.24) is 9.88 Å². The minimum Gasteiger partial charge on any atom is -0.489 e. The molecule has 0 spiro atoms. The number of carbonyl (C=O) groups excluding carboxylic acids is 2. The summed E-state index contributed by atoms with van der Waals surface area (Å²) in [6.07, 6.45) is -2.93. The molecule has 2 aromatic carbocycles. The Hall–Kier alpha value is -3.07. The molecule has 0 N–H and O–H groups in total. The lowest BCUT2D eigenvalue weighted by Crippen LogP contribution is -2.24. The van der Waals surface area contributed by atoms with Crippen LogP contribution in [0.5, 0.6) is 5.75 Å². The molecule has 1 aliphatic heterocycles. The summed E-state index contributed by atoms with van der Waals surface area (Å²) >= 11 is 0.936. The van der Waals surface area contributed by atoms with E-state index in [9.17, 15) is 22.8 Å². The number of likely N-dealkylation sites (N-methyl/N-ethyl adjacent to an activating group) is 1. The minimum absolute atomic E-state index is 0.0407.